The zero-order chi connectivity index (χ0) is 75.0. The van der Waals surface area contributed by atoms with Crippen molar-refractivity contribution >= 4 is 83.1 Å². The van der Waals surface area contributed by atoms with Crippen molar-refractivity contribution in [3.63, 3.8) is 0 Å². The predicted molar refractivity (Wildman–Crippen MR) is 442 cm³/mol. The van der Waals surface area contributed by atoms with Gasteiger partial charge in [-0.15, -0.1) is 0 Å². The predicted octanol–water partition coefficient (Wildman–Crippen LogP) is 14.4. The van der Waals surface area contributed by atoms with E-state index in [-0.39, 0.29) is 23.5 Å². The highest BCUT2D eigenvalue weighted by Gasteiger charge is 2.27. The molecule has 6 heterocycles. The number of aromatic nitrogens is 3. The molecule has 3 amide bonds. The van der Waals surface area contributed by atoms with E-state index >= 15 is 0 Å². The minimum absolute atomic E-state index is 0.111. The molecule has 0 atom stereocenters. The molecular weight excluding hydrogens is 1340 g/mol. The maximum atomic E-state index is 13.5. The van der Waals surface area contributed by atoms with Crippen LogP contribution in [0, 0.1) is 5.82 Å². The van der Waals surface area contributed by atoms with Crippen molar-refractivity contribution in [2.45, 2.75) is 58.2 Å². The molecule has 0 saturated carbocycles. The van der Waals surface area contributed by atoms with E-state index in [1.807, 2.05) is 57.2 Å². The molecule has 3 saturated heterocycles. The minimum Gasteiger partial charge on any atom is -0.497 e. The molecule has 15 rings (SSSR count). The molecule has 3 fully saturated rings. The summed E-state index contributed by atoms with van der Waals surface area (Å²) in [5.74, 6) is 1.10. The number of halogens is 1. The molecule has 564 valence electrons. The molecule has 3 aliphatic rings. The lowest BCUT2D eigenvalue weighted by molar-refractivity contribution is 0.0632. The first-order chi connectivity index (χ1) is 52.6. The normalized spacial score (nSPS) is 14.8. The van der Waals surface area contributed by atoms with E-state index in [0.29, 0.717) is 0 Å². The van der Waals surface area contributed by atoms with Gasteiger partial charge in [-0.25, -0.2) is 4.39 Å². The molecule has 0 bridgehead atoms. The Balaban J connectivity index is 0.000000143. The Kier molecular flexibility index (Phi) is 25.8. The summed E-state index contributed by atoms with van der Waals surface area (Å²) in [6, 6.07) is 70.1. The van der Waals surface area contributed by atoms with Crippen LogP contribution in [0.15, 0.2) is 206 Å². The summed E-state index contributed by atoms with van der Waals surface area (Å²) < 4.78 is 25.5. The second-order valence-electron chi connectivity index (χ2n) is 30.3. The molecule has 0 unspecified atom stereocenters. The molecule has 0 aliphatic carbocycles. The third kappa shape index (κ3) is 18.9. The van der Waals surface area contributed by atoms with Gasteiger partial charge < -0.3 is 47.8 Å². The molecular formula is C91H109FN12O4. The Morgan fingerprint density at radius 2 is 0.611 bits per heavy atom. The number of nitrogens with zero attached hydrogens (tertiary/aromatic N) is 12. The van der Waals surface area contributed by atoms with E-state index in [2.05, 4.69) is 237 Å². The van der Waals surface area contributed by atoms with Crippen LogP contribution in [0.25, 0.3) is 65.4 Å². The lowest BCUT2D eigenvalue weighted by Gasteiger charge is -2.34. The van der Waals surface area contributed by atoms with Gasteiger partial charge in [-0.1, -0.05) is 127 Å². The van der Waals surface area contributed by atoms with Crippen LogP contribution in [0.2, 0.25) is 0 Å². The van der Waals surface area contributed by atoms with Gasteiger partial charge in [0.2, 0.25) is 0 Å². The highest BCUT2D eigenvalue weighted by Crippen LogP contribution is 2.34. The van der Waals surface area contributed by atoms with Crippen molar-refractivity contribution in [3.05, 3.63) is 245 Å². The maximum Gasteiger partial charge on any atom is 0.254 e. The number of piperazine rings is 3. The highest BCUT2D eigenvalue weighted by molar-refractivity contribution is 6.12. The number of hydrogen-bond donors (Lipinski definition) is 0. The first-order valence-electron chi connectivity index (χ1n) is 39.1. The Labute approximate surface area is 637 Å². The average Bonchev–Trinajstić information content (AvgIpc) is 1.62. The molecule has 0 radical (unpaired) electrons. The zero-order valence-corrected chi connectivity index (χ0v) is 64.6. The number of para-hydroxylation sites is 3. The lowest BCUT2D eigenvalue weighted by atomic mass is 10.1. The maximum absolute atomic E-state index is 13.5. The summed E-state index contributed by atoms with van der Waals surface area (Å²) in [6.07, 6.45) is 6.15. The van der Waals surface area contributed by atoms with Gasteiger partial charge in [-0.3, -0.25) is 29.1 Å². The summed E-state index contributed by atoms with van der Waals surface area (Å²) in [5, 5.41) is 7.42. The van der Waals surface area contributed by atoms with Gasteiger partial charge in [0, 0.05) is 200 Å². The quantitative estimate of drug-likeness (QED) is 0.0549. The van der Waals surface area contributed by atoms with E-state index in [9.17, 15) is 18.8 Å². The van der Waals surface area contributed by atoms with Gasteiger partial charge in [0.1, 0.15) is 11.6 Å². The van der Waals surface area contributed by atoms with Crippen molar-refractivity contribution in [2.75, 3.05) is 167 Å². The number of carbonyl (C=O) groups is 3. The van der Waals surface area contributed by atoms with Crippen LogP contribution in [0.1, 0.15) is 67.0 Å². The van der Waals surface area contributed by atoms with E-state index in [1.165, 1.54) is 72.1 Å². The number of amides is 3. The van der Waals surface area contributed by atoms with Crippen LogP contribution in [0.5, 0.6) is 5.75 Å². The lowest BCUT2D eigenvalue weighted by Crippen LogP contribution is -2.49. The van der Waals surface area contributed by atoms with Crippen molar-refractivity contribution < 1.29 is 23.5 Å². The van der Waals surface area contributed by atoms with Gasteiger partial charge in [-0.05, 0) is 196 Å². The summed E-state index contributed by atoms with van der Waals surface area (Å²) >= 11 is 0. The fourth-order valence-corrected chi connectivity index (χ4v) is 15.9. The Morgan fingerprint density at radius 1 is 0.324 bits per heavy atom. The first-order valence-corrected chi connectivity index (χ1v) is 39.1. The summed E-state index contributed by atoms with van der Waals surface area (Å²) in [5.41, 5.74) is 13.4. The Bertz CT molecular complexity index is 4960. The number of carbonyl (C=O) groups excluding carboxylic acids is 3. The number of ether oxygens (including phenoxy) is 1. The zero-order valence-electron chi connectivity index (χ0n) is 64.6. The van der Waals surface area contributed by atoms with Crippen LogP contribution < -0.4 is 4.74 Å². The number of hydrogen-bond acceptors (Lipinski definition) is 10. The van der Waals surface area contributed by atoms with E-state index in [0.717, 1.165) is 221 Å². The summed E-state index contributed by atoms with van der Waals surface area (Å²) in [6.45, 7) is 18.9. The standard InChI is InChI=1S/C31H38N4O2.C30H35FN4O.C30H36N4O/c1-32(2)16-6-17-35-29-8-5-4-7-27(29)28-14-11-25(23-30(28)35)31(36)34-21-19-33(20-22-34)18-15-24-9-12-26(37-3)13-10-24;1-32(2)15-5-16-35-28-7-4-3-6-26(28)27-13-10-24(22-29(27)35)30(36)34-20-18-33(19-21-34)17-14-23-8-11-25(31)12-9-23;1-31(2)16-8-17-34-28-12-7-6-11-26(28)27-14-13-25(23-29(27)34)30(35)33-21-19-32(20-22-33)18-15-24-9-4-3-5-10-24/h4-5,7-14,23H,6,15-22H2,1-3H3;3-4,6-13,22H,5,14-21H2,1-2H3;3-7,9-14,23H,8,15-22H2,1-2H3. The molecule has 0 N–H and O–H groups in total. The smallest absolute Gasteiger partial charge is 0.254 e. The number of fused-ring (bicyclic) bond motifs is 9. The molecule has 0 spiro atoms. The van der Waals surface area contributed by atoms with E-state index in [1.54, 1.807) is 7.11 Å². The van der Waals surface area contributed by atoms with Crippen molar-refractivity contribution in [2.24, 2.45) is 0 Å². The third-order valence-corrected chi connectivity index (χ3v) is 22.1. The fourth-order valence-electron chi connectivity index (χ4n) is 15.9. The second kappa shape index (κ2) is 36.5. The monoisotopic (exact) mass is 1450 g/mol. The fraction of sp³-hybridized carbons (Fsp3) is 0.374. The number of methoxy groups -OCH3 is 1. The molecule has 17 heteroatoms. The molecule has 9 aromatic carbocycles. The van der Waals surface area contributed by atoms with Crippen LogP contribution in [-0.2, 0) is 38.9 Å². The largest absolute Gasteiger partial charge is 0.497 e. The van der Waals surface area contributed by atoms with Crippen LogP contribution >= 0.6 is 0 Å². The molecule has 3 aromatic heterocycles. The Morgan fingerprint density at radius 3 is 0.926 bits per heavy atom. The van der Waals surface area contributed by atoms with Crippen LogP contribution in [0.3, 0.4) is 0 Å². The SMILES string of the molecule is CN(C)CCCn1c2ccccc2c2ccc(C(=O)N3CCN(CCc4ccc(F)cc4)CC3)cc21.CN(C)CCCn1c2ccccc2c2ccc(C(=O)N3CCN(CCc4ccccc4)CC3)cc21.COc1ccc(CCN2CCN(C(=O)c3ccc4c5ccccc5n(CCCN(C)C)c4c3)CC2)cc1. The van der Waals surface area contributed by atoms with Crippen LogP contribution in [0.4, 0.5) is 4.39 Å². The summed E-state index contributed by atoms with van der Waals surface area (Å²) in [4.78, 5) is 60.4. The second-order valence-corrected chi connectivity index (χ2v) is 30.3. The minimum atomic E-state index is -0.196. The third-order valence-electron chi connectivity index (χ3n) is 22.1. The van der Waals surface area contributed by atoms with E-state index < -0.39 is 0 Å². The molecule has 3 aliphatic heterocycles. The van der Waals surface area contributed by atoms with Crippen molar-refractivity contribution in [1.29, 1.82) is 0 Å². The van der Waals surface area contributed by atoms with Crippen molar-refractivity contribution in [1.82, 2.24) is 57.8 Å². The van der Waals surface area contributed by atoms with Gasteiger partial charge in [-0.2, -0.15) is 0 Å². The van der Waals surface area contributed by atoms with Crippen LogP contribution in [-0.4, -0.2) is 243 Å². The van der Waals surface area contributed by atoms with Gasteiger partial charge >= 0.3 is 0 Å². The number of rotatable bonds is 25. The highest BCUT2D eigenvalue weighted by atomic mass is 19.1. The van der Waals surface area contributed by atoms with Crippen molar-refractivity contribution in [3.8, 4) is 5.75 Å². The topological polar surface area (TPSA) is 104 Å². The number of aryl methyl sites for hydroxylation is 3. The van der Waals surface area contributed by atoms with Gasteiger partial charge in [0.15, 0.2) is 0 Å². The Hall–Kier alpha value is -9.72. The number of benzene rings is 9. The van der Waals surface area contributed by atoms with Gasteiger partial charge in [0.05, 0.1) is 7.11 Å². The molecule has 108 heavy (non-hydrogen) atoms. The van der Waals surface area contributed by atoms with Gasteiger partial charge in [0.25, 0.3) is 17.7 Å². The first kappa shape index (κ1) is 76.5. The summed E-state index contributed by atoms with van der Waals surface area (Å²) in [7, 11) is 14.4. The average molecular weight is 1450 g/mol. The molecule has 12 aromatic rings. The van der Waals surface area contributed by atoms with E-state index in [4.69, 9.17) is 4.74 Å². The molecule has 16 nitrogen and oxygen atoms in total.